The van der Waals surface area contributed by atoms with Crippen LogP contribution < -0.4 is 5.32 Å². The van der Waals surface area contributed by atoms with Crippen LogP contribution in [-0.4, -0.2) is 33.1 Å². The monoisotopic (exact) mass is 437 g/mol. The van der Waals surface area contributed by atoms with Crippen molar-refractivity contribution in [1.82, 2.24) is 0 Å². The third-order valence-corrected chi connectivity index (χ3v) is 6.41. The van der Waals surface area contributed by atoms with Crippen LogP contribution in [0.3, 0.4) is 0 Å². The topological polar surface area (TPSA) is 86.6 Å². The van der Waals surface area contributed by atoms with Crippen LogP contribution in [-0.2, 0) is 9.59 Å². The molecule has 1 aromatic rings. The van der Waals surface area contributed by atoms with Gasteiger partial charge in [0.1, 0.15) is 5.75 Å². The lowest BCUT2D eigenvalue weighted by molar-refractivity contribution is -0.138. The van der Waals surface area contributed by atoms with Crippen LogP contribution in [0.2, 0.25) is 0 Å². The number of phenols is 1. The van der Waals surface area contributed by atoms with E-state index >= 15 is 0 Å². The molecule has 0 spiro atoms. The molecular formula is C24H39NO4S. The first kappa shape index (κ1) is 26.3. The van der Waals surface area contributed by atoms with Gasteiger partial charge in [0.2, 0.25) is 5.91 Å². The lowest BCUT2D eigenvalue weighted by Gasteiger charge is -2.15. The summed E-state index contributed by atoms with van der Waals surface area (Å²) in [6, 6.07) is 6.17. The Hall–Kier alpha value is -1.69. The zero-order chi connectivity index (χ0) is 22.0. The van der Waals surface area contributed by atoms with Crippen LogP contribution in [0.1, 0.15) is 90.4 Å². The largest absolute Gasteiger partial charge is 0.508 e. The molecule has 5 nitrogen and oxygen atoms in total. The third-order valence-electron chi connectivity index (χ3n) is 5.10. The molecule has 0 aliphatic rings. The zero-order valence-corrected chi connectivity index (χ0v) is 19.2. The van der Waals surface area contributed by atoms with E-state index in [2.05, 4.69) is 12.2 Å². The van der Waals surface area contributed by atoms with Gasteiger partial charge in [0.15, 0.2) is 0 Å². The molecule has 170 valence electrons. The van der Waals surface area contributed by atoms with Crippen molar-refractivity contribution < 1.29 is 19.8 Å². The normalized spacial score (nSPS) is 11.9. The van der Waals surface area contributed by atoms with Crippen molar-refractivity contribution in [1.29, 1.82) is 0 Å². The summed E-state index contributed by atoms with van der Waals surface area (Å²) in [5.41, 5.74) is 0.555. The minimum Gasteiger partial charge on any atom is -0.508 e. The van der Waals surface area contributed by atoms with Crippen molar-refractivity contribution in [2.24, 2.45) is 0 Å². The Balaban J connectivity index is 2.14. The molecule has 0 aliphatic heterocycles. The van der Waals surface area contributed by atoms with E-state index in [0.717, 1.165) is 18.6 Å². The van der Waals surface area contributed by atoms with Crippen LogP contribution in [0.25, 0.3) is 0 Å². The molecule has 30 heavy (non-hydrogen) atoms. The second-order valence-electron chi connectivity index (χ2n) is 7.88. The molecule has 0 aliphatic carbocycles. The number of carboxylic acid groups (broad SMARTS) is 1. The maximum Gasteiger partial charge on any atom is 0.305 e. The number of aromatic hydroxyl groups is 1. The van der Waals surface area contributed by atoms with Gasteiger partial charge in [-0.25, -0.2) is 0 Å². The zero-order valence-electron chi connectivity index (χ0n) is 18.4. The first-order chi connectivity index (χ1) is 14.5. The highest BCUT2D eigenvalue weighted by Crippen LogP contribution is 2.21. The molecule has 1 rings (SSSR count). The predicted molar refractivity (Wildman–Crippen MR) is 126 cm³/mol. The predicted octanol–water partition coefficient (Wildman–Crippen LogP) is 6.61. The number of hydrogen-bond donors (Lipinski definition) is 3. The van der Waals surface area contributed by atoms with Gasteiger partial charge in [-0.2, -0.15) is 0 Å². The number of phenolic OH excluding ortho intramolecular Hbond substituents is 1. The van der Waals surface area contributed by atoms with Crippen LogP contribution in [0.5, 0.6) is 5.75 Å². The highest BCUT2D eigenvalue weighted by molar-refractivity contribution is 8.00. The van der Waals surface area contributed by atoms with Crippen molar-refractivity contribution >= 4 is 29.3 Å². The summed E-state index contributed by atoms with van der Waals surface area (Å²) in [7, 11) is 0. The highest BCUT2D eigenvalue weighted by atomic mass is 32.2. The highest BCUT2D eigenvalue weighted by Gasteiger charge is 2.22. The minimum absolute atomic E-state index is 0.122. The molecule has 0 fully saturated rings. The molecule has 0 bridgehead atoms. The second-order valence-corrected chi connectivity index (χ2v) is 9.19. The molecule has 1 aromatic carbocycles. The number of carboxylic acids is 1. The summed E-state index contributed by atoms with van der Waals surface area (Å²) in [6.07, 6.45) is 15.2. The molecule has 0 heterocycles. The fraction of sp³-hybridized carbons (Fsp3) is 0.667. The molecule has 1 amide bonds. The van der Waals surface area contributed by atoms with E-state index in [1.807, 2.05) is 0 Å². The molecule has 0 radical (unpaired) electrons. The van der Waals surface area contributed by atoms with Gasteiger partial charge in [0.25, 0.3) is 0 Å². The summed E-state index contributed by atoms with van der Waals surface area (Å²) in [4.78, 5) is 23.5. The summed E-state index contributed by atoms with van der Waals surface area (Å²) in [5, 5.41) is 20.6. The number of aliphatic carboxylic acids is 1. The Bertz CT molecular complexity index is 591. The number of rotatable bonds is 18. The molecular weight excluding hydrogens is 398 g/mol. The Kier molecular flexibility index (Phi) is 15.0. The quantitative estimate of drug-likeness (QED) is 0.178. The standard InChI is InChI=1S/C24H39NO4S/c1-2-3-4-5-6-7-8-9-10-11-12-13-18-30-22(19-23(27)28)24(29)25-20-14-16-21(26)17-15-20/h14-17,22,26H,2-13,18-19H2,1H3,(H,25,29)(H,27,28). The maximum absolute atomic E-state index is 12.4. The third kappa shape index (κ3) is 13.5. The molecule has 1 atom stereocenters. The first-order valence-corrected chi connectivity index (χ1v) is 12.5. The Morgan fingerprint density at radius 3 is 1.87 bits per heavy atom. The van der Waals surface area contributed by atoms with E-state index in [9.17, 15) is 14.7 Å². The lowest BCUT2D eigenvalue weighted by Crippen LogP contribution is -2.28. The Morgan fingerprint density at radius 1 is 0.867 bits per heavy atom. The van der Waals surface area contributed by atoms with Crippen LogP contribution >= 0.6 is 11.8 Å². The Labute approximate surface area is 186 Å². The van der Waals surface area contributed by atoms with E-state index in [1.54, 1.807) is 12.1 Å². The second kappa shape index (κ2) is 17.0. The minimum atomic E-state index is -0.969. The molecule has 0 aromatic heterocycles. The fourth-order valence-corrected chi connectivity index (χ4v) is 4.45. The number of thioether (sulfide) groups is 1. The van der Waals surface area contributed by atoms with E-state index in [0.29, 0.717) is 5.69 Å². The number of amides is 1. The van der Waals surface area contributed by atoms with Crippen LogP contribution in [0.15, 0.2) is 24.3 Å². The number of hydrogen-bond acceptors (Lipinski definition) is 4. The maximum atomic E-state index is 12.4. The van der Waals surface area contributed by atoms with E-state index in [1.165, 1.54) is 88.1 Å². The van der Waals surface area contributed by atoms with Crippen LogP contribution in [0.4, 0.5) is 5.69 Å². The van der Waals surface area contributed by atoms with Gasteiger partial charge in [-0.1, -0.05) is 77.6 Å². The molecule has 0 saturated carbocycles. The number of nitrogens with one attached hydrogen (secondary N) is 1. The smallest absolute Gasteiger partial charge is 0.305 e. The number of unbranched alkanes of at least 4 members (excludes halogenated alkanes) is 11. The van der Waals surface area contributed by atoms with Crippen molar-refractivity contribution in [2.75, 3.05) is 11.1 Å². The van der Waals surface area contributed by atoms with Gasteiger partial charge in [0.05, 0.1) is 11.7 Å². The molecule has 3 N–H and O–H groups in total. The van der Waals surface area contributed by atoms with Crippen molar-refractivity contribution in [3.8, 4) is 5.75 Å². The van der Waals surface area contributed by atoms with Gasteiger partial charge in [-0.3, -0.25) is 9.59 Å². The SMILES string of the molecule is CCCCCCCCCCCCCCSC(CC(=O)O)C(=O)Nc1ccc(O)cc1. The van der Waals surface area contributed by atoms with Crippen molar-refractivity contribution in [2.45, 2.75) is 95.6 Å². The molecule has 0 saturated heterocycles. The fourth-order valence-electron chi connectivity index (χ4n) is 3.32. The summed E-state index contributed by atoms with van der Waals surface area (Å²) < 4.78 is 0. The van der Waals surface area contributed by atoms with Gasteiger partial charge in [0, 0.05) is 5.69 Å². The van der Waals surface area contributed by atoms with Crippen molar-refractivity contribution in [3.05, 3.63) is 24.3 Å². The van der Waals surface area contributed by atoms with Gasteiger partial charge in [-0.15, -0.1) is 11.8 Å². The number of benzene rings is 1. The van der Waals surface area contributed by atoms with Gasteiger partial charge in [-0.05, 0) is 36.4 Å². The van der Waals surface area contributed by atoms with E-state index < -0.39 is 11.2 Å². The van der Waals surface area contributed by atoms with Crippen molar-refractivity contribution in [3.63, 3.8) is 0 Å². The first-order valence-electron chi connectivity index (χ1n) is 11.5. The van der Waals surface area contributed by atoms with E-state index in [4.69, 9.17) is 5.11 Å². The lowest BCUT2D eigenvalue weighted by atomic mass is 10.1. The number of anilines is 1. The average Bonchev–Trinajstić information content (AvgIpc) is 2.72. The van der Waals surface area contributed by atoms with Gasteiger partial charge < -0.3 is 15.5 Å². The number of carbonyl (C=O) groups is 2. The van der Waals surface area contributed by atoms with Gasteiger partial charge >= 0.3 is 5.97 Å². The van der Waals surface area contributed by atoms with E-state index in [-0.39, 0.29) is 18.1 Å². The Morgan fingerprint density at radius 2 is 1.37 bits per heavy atom. The number of carbonyl (C=O) groups excluding carboxylic acids is 1. The molecule has 1 unspecified atom stereocenters. The summed E-state index contributed by atoms with van der Waals surface area (Å²) in [5.74, 6) is -0.357. The van der Waals surface area contributed by atoms with Crippen LogP contribution in [0, 0.1) is 0 Å². The molecule has 6 heteroatoms. The summed E-state index contributed by atoms with van der Waals surface area (Å²) >= 11 is 1.42. The average molecular weight is 438 g/mol. The summed E-state index contributed by atoms with van der Waals surface area (Å²) in [6.45, 7) is 2.25.